The summed E-state index contributed by atoms with van der Waals surface area (Å²) < 4.78 is 10.4. The van der Waals surface area contributed by atoms with Gasteiger partial charge >= 0.3 is 6.09 Å². The van der Waals surface area contributed by atoms with Crippen LogP contribution in [0, 0.1) is 0 Å². The summed E-state index contributed by atoms with van der Waals surface area (Å²) in [5.74, 6) is 1.24. The predicted octanol–water partition coefficient (Wildman–Crippen LogP) is 3.08. The van der Waals surface area contributed by atoms with Crippen molar-refractivity contribution in [1.29, 1.82) is 0 Å². The van der Waals surface area contributed by atoms with E-state index >= 15 is 0 Å². The summed E-state index contributed by atoms with van der Waals surface area (Å²) >= 11 is 0. The maximum atomic E-state index is 11.6. The highest BCUT2D eigenvalue weighted by atomic mass is 16.6. The second-order valence-corrected chi connectivity index (χ2v) is 5.87. The van der Waals surface area contributed by atoms with Crippen LogP contribution in [0.5, 0.6) is 5.75 Å². The molecule has 0 aromatic heterocycles. The molecule has 4 heteroatoms. The van der Waals surface area contributed by atoms with E-state index in [0.29, 0.717) is 5.92 Å². The second kappa shape index (κ2) is 5.11. The van der Waals surface area contributed by atoms with E-state index in [-0.39, 0.29) is 12.1 Å². The quantitative estimate of drug-likeness (QED) is 0.911. The molecule has 1 aliphatic rings. The molecule has 0 spiro atoms. The Balaban J connectivity index is 1.85. The number of rotatable bonds is 3. The minimum atomic E-state index is -0.450. The molecule has 1 fully saturated rings. The first-order valence-electron chi connectivity index (χ1n) is 6.52. The van der Waals surface area contributed by atoms with Gasteiger partial charge in [-0.25, -0.2) is 4.79 Å². The fourth-order valence-electron chi connectivity index (χ4n) is 2.03. The summed E-state index contributed by atoms with van der Waals surface area (Å²) in [5.41, 5.74) is 0.774. The molecule has 1 aromatic rings. The van der Waals surface area contributed by atoms with Crippen molar-refractivity contribution in [2.24, 2.45) is 0 Å². The van der Waals surface area contributed by atoms with Crippen LogP contribution < -0.4 is 10.1 Å². The van der Waals surface area contributed by atoms with Gasteiger partial charge in [0.25, 0.3) is 0 Å². The molecule has 1 amide bonds. The van der Waals surface area contributed by atoms with Gasteiger partial charge in [0.2, 0.25) is 0 Å². The first-order chi connectivity index (χ1) is 8.89. The third kappa shape index (κ3) is 3.88. The number of carbonyl (C=O) groups excluding carboxylic acids is 1. The Bertz CT molecular complexity index is 447. The van der Waals surface area contributed by atoms with Gasteiger partial charge in [0.1, 0.15) is 11.4 Å². The summed E-state index contributed by atoms with van der Waals surface area (Å²) in [5, 5.41) is 2.90. The molecule has 0 heterocycles. The SMILES string of the molecule is COc1ccc([C@@H]2C[C@H]2NC(=O)OC(C)(C)C)cc1. The highest BCUT2D eigenvalue weighted by molar-refractivity contribution is 5.69. The molecule has 0 aliphatic heterocycles. The van der Waals surface area contributed by atoms with Crippen LogP contribution in [0.2, 0.25) is 0 Å². The second-order valence-electron chi connectivity index (χ2n) is 5.87. The van der Waals surface area contributed by atoms with Gasteiger partial charge in [0, 0.05) is 12.0 Å². The number of carbonyl (C=O) groups is 1. The molecule has 104 valence electrons. The molecule has 2 atom stereocenters. The number of amides is 1. The van der Waals surface area contributed by atoms with Crippen molar-refractivity contribution >= 4 is 6.09 Å². The Morgan fingerprint density at radius 1 is 1.26 bits per heavy atom. The third-order valence-electron chi connectivity index (χ3n) is 3.04. The molecule has 1 aromatic carbocycles. The fraction of sp³-hybridized carbons (Fsp3) is 0.533. The van der Waals surface area contributed by atoms with Gasteiger partial charge in [-0.3, -0.25) is 0 Å². The summed E-state index contributed by atoms with van der Waals surface area (Å²) in [6.07, 6.45) is 0.625. The van der Waals surface area contributed by atoms with Gasteiger partial charge in [-0.2, -0.15) is 0 Å². The van der Waals surface area contributed by atoms with Crippen LogP contribution in [0.15, 0.2) is 24.3 Å². The first-order valence-corrected chi connectivity index (χ1v) is 6.52. The van der Waals surface area contributed by atoms with E-state index in [1.54, 1.807) is 7.11 Å². The molecule has 1 N–H and O–H groups in total. The van der Waals surface area contributed by atoms with Crippen LogP contribution in [0.3, 0.4) is 0 Å². The highest BCUT2D eigenvalue weighted by Crippen LogP contribution is 2.41. The maximum absolute atomic E-state index is 11.6. The largest absolute Gasteiger partial charge is 0.497 e. The van der Waals surface area contributed by atoms with E-state index in [4.69, 9.17) is 9.47 Å². The van der Waals surface area contributed by atoms with E-state index in [0.717, 1.165) is 12.2 Å². The minimum Gasteiger partial charge on any atom is -0.497 e. The lowest BCUT2D eigenvalue weighted by Crippen LogP contribution is -2.34. The minimum absolute atomic E-state index is 0.184. The summed E-state index contributed by atoms with van der Waals surface area (Å²) in [6.45, 7) is 5.58. The molecular formula is C15H21NO3. The predicted molar refractivity (Wildman–Crippen MR) is 73.5 cm³/mol. The van der Waals surface area contributed by atoms with Gasteiger partial charge in [-0.05, 0) is 44.9 Å². The van der Waals surface area contributed by atoms with Crippen LogP contribution in [0.25, 0.3) is 0 Å². The third-order valence-corrected chi connectivity index (χ3v) is 3.04. The number of ether oxygens (including phenoxy) is 2. The van der Waals surface area contributed by atoms with Crippen molar-refractivity contribution < 1.29 is 14.3 Å². The number of benzene rings is 1. The van der Waals surface area contributed by atoms with Gasteiger partial charge in [0.15, 0.2) is 0 Å². The zero-order valence-electron chi connectivity index (χ0n) is 11.9. The van der Waals surface area contributed by atoms with E-state index < -0.39 is 5.60 Å². The smallest absolute Gasteiger partial charge is 0.407 e. The van der Waals surface area contributed by atoms with Crippen molar-refractivity contribution in [3.8, 4) is 5.75 Å². The number of hydrogen-bond donors (Lipinski definition) is 1. The molecule has 19 heavy (non-hydrogen) atoms. The lowest BCUT2D eigenvalue weighted by Gasteiger charge is -2.19. The molecule has 0 unspecified atom stereocenters. The van der Waals surface area contributed by atoms with Crippen molar-refractivity contribution in [2.75, 3.05) is 7.11 Å². The maximum Gasteiger partial charge on any atom is 0.407 e. The van der Waals surface area contributed by atoms with E-state index in [9.17, 15) is 4.79 Å². The normalized spacial score (nSPS) is 21.7. The molecule has 0 radical (unpaired) electrons. The highest BCUT2D eigenvalue weighted by Gasteiger charge is 2.40. The standard InChI is InChI=1S/C15H21NO3/c1-15(2,3)19-14(17)16-13-9-12(13)10-5-7-11(18-4)8-6-10/h5-8,12-13H,9H2,1-4H3,(H,16,17)/t12-,13+/m0/s1. The van der Waals surface area contributed by atoms with Crippen LogP contribution in [0.1, 0.15) is 38.7 Å². The Labute approximate surface area is 114 Å². The zero-order chi connectivity index (χ0) is 14.0. The van der Waals surface area contributed by atoms with Crippen molar-refractivity contribution in [1.82, 2.24) is 5.32 Å². The first kappa shape index (κ1) is 13.7. The van der Waals surface area contributed by atoms with Crippen LogP contribution in [0.4, 0.5) is 4.79 Å². The van der Waals surface area contributed by atoms with Crippen LogP contribution in [-0.4, -0.2) is 24.8 Å². The Morgan fingerprint density at radius 3 is 2.42 bits per heavy atom. The molecular weight excluding hydrogens is 242 g/mol. The van der Waals surface area contributed by atoms with Gasteiger partial charge in [0.05, 0.1) is 7.11 Å². The number of hydrogen-bond acceptors (Lipinski definition) is 3. The molecule has 4 nitrogen and oxygen atoms in total. The number of alkyl carbamates (subject to hydrolysis) is 1. The van der Waals surface area contributed by atoms with Crippen LogP contribution >= 0.6 is 0 Å². The lowest BCUT2D eigenvalue weighted by atomic mass is 10.1. The summed E-state index contributed by atoms with van der Waals surface area (Å²) in [4.78, 5) is 11.6. The molecule has 0 saturated heterocycles. The molecule has 2 rings (SSSR count). The average molecular weight is 263 g/mol. The Hall–Kier alpha value is -1.71. The zero-order valence-corrected chi connectivity index (χ0v) is 11.9. The lowest BCUT2D eigenvalue weighted by molar-refractivity contribution is 0.0523. The Morgan fingerprint density at radius 2 is 1.89 bits per heavy atom. The van der Waals surface area contributed by atoms with E-state index in [1.807, 2.05) is 45.0 Å². The van der Waals surface area contributed by atoms with Gasteiger partial charge < -0.3 is 14.8 Å². The molecule has 1 saturated carbocycles. The van der Waals surface area contributed by atoms with E-state index in [2.05, 4.69) is 5.32 Å². The monoisotopic (exact) mass is 263 g/mol. The number of methoxy groups -OCH3 is 1. The molecule has 1 aliphatic carbocycles. The van der Waals surface area contributed by atoms with Gasteiger partial charge in [-0.15, -0.1) is 0 Å². The topological polar surface area (TPSA) is 47.6 Å². The van der Waals surface area contributed by atoms with Crippen LogP contribution in [-0.2, 0) is 4.74 Å². The van der Waals surface area contributed by atoms with E-state index in [1.165, 1.54) is 5.56 Å². The van der Waals surface area contributed by atoms with Crippen molar-refractivity contribution in [2.45, 2.75) is 44.8 Å². The average Bonchev–Trinajstić information content (AvgIpc) is 3.06. The van der Waals surface area contributed by atoms with Crippen molar-refractivity contribution in [3.63, 3.8) is 0 Å². The Kier molecular flexibility index (Phi) is 3.69. The molecule has 0 bridgehead atoms. The van der Waals surface area contributed by atoms with Gasteiger partial charge in [-0.1, -0.05) is 12.1 Å². The number of nitrogens with one attached hydrogen (secondary N) is 1. The summed E-state index contributed by atoms with van der Waals surface area (Å²) in [6, 6.07) is 8.15. The summed E-state index contributed by atoms with van der Waals surface area (Å²) in [7, 11) is 1.65. The fourth-order valence-corrected chi connectivity index (χ4v) is 2.03. The van der Waals surface area contributed by atoms with Crippen molar-refractivity contribution in [3.05, 3.63) is 29.8 Å².